The molecular formula is C16H19N3O3. The Balaban J connectivity index is 1.74. The molecule has 1 N–H and O–H groups in total. The predicted octanol–water partition coefficient (Wildman–Crippen LogP) is 1.62. The fourth-order valence-corrected chi connectivity index (χ4v) is 2.64. The second-order valence-electron chi connectivity index (χ2n) is 5.43. The lowest BCUT2D eigenvalue weighted by molar-refractivity contribution is 0.0342. The van der Waals surface area contributed by atoms with E-state index in [2.05, 4.69) is 22.1 Å². The lowest BCUT2D eigenvalue weighted by Crippen LogP contribution is -2.35. The van der Waals surface area contributed by atoms with Crippen molar-refractivity contribution in [1.82, 2.24) is 14.7 Å². The number of hydrogen-bond acceptors (Lipinski definition) is 4. The third-order valence-corrected chi connectivity index (χ3v) is 3.86. The van der Waals surface area contributed by atoms with Gasteiger partial charge in [0.1, 0.15) is 0 Å². The summed E-state index contributed by atoms with van der Waals surface area (Å²) in [6.07, 6.45) is 0. The van der Waals surface area contributed by atoms with Crippen molar-refractivity contribution < 1.29 is 14.6 Å². The molecule has 0 bridgehead atoms. The number of carboxylic acid groups (broad SMARTS) is 1. The maximum absolute atomic E-state index is 11.0. The Morgan fingerprint density at radius 1 is 1.27 bits per heavy atom. The highest BCUT2D eigenvalue weighted by Gasteiger charge is 2.13. The first-order valence-electron chi connectivity index (χ1n) is 7.30. The molecule has 0 saturated carbocycles. The number of rotatable bonds is 4. The van der Waals surface area contributed by atoms with Crippen molar-refractivity contribution in [1.29, 1.82) is 0 Å². The molecule has 3 rings (SSSR count). The number of nitrogens with zero attached hydrogens (tertiary/aromatic N) is 3. The van der Waals surface area contributed by atoms with Crippen molar-refractivity contribution in [2.75, 3.05) is 26.3 Å². The Bertz CT molecular complexity index is 658. The second kappa shape index (κ2) is 6.29. The number of morpholine rings is 1. The van der Waals surface area contributed by atoms with Crippen molar-refractivity contribution in [3.63, 3.8) is 0 Å². The first-order chi connectivity index (χ1) is 10.6. The van der Waals surface area contributed by atoms with E-state index in [1.807, 2.05) is 12.1 Å². The van der Waals surface area contributed by atoms with E-state index in [0.29, 0.717) is 0 Å². The van der Waals surface area contributed by atoms with Gasteiger partial charge in [0.15, 0.2) is 5.69 Å². The highest BCUT2D eigenvalue weighted by atomic mass is 16.5. The van der Waals surface area contributed by atoms with Gasteiger partial charge in [-0.05, 0) is 17.2 Å². The number of hydrogen-bond donors (Lipinski definition) is 1. The van der Waals surface area contributed by atoms with E-state index >= 15 is 0 Å². The van der Waals surface area contributed by atoms with Gasteiger partial charge in [0.05, 0.1) is 18.9 Å². The minimum atomic E-state index is -1.01. The number of ether oxygens (including phenoxy) is 1. The molecule has 6 nitrogen and oxygen atoms in total. The first kappa shape index (κ1) is 14.7. The maximum Gasteiger partial charge on any atom is 0.356 e. The fourth-order valence-electron chi connectivity index (χ4n) is 2.64. The molecule has 1 fully saturated rings. The Hall–Kier alpha value is -2.18. The molecule has 2 heterocycles. The van der Waals surface area contributed by atoms with Crippen LogP contribution >= 0.6 is 0 Å². The topological polar surface area (TPSA) is 67.6 Å². The number of carboxylic acids is 1. The Morgan fingerprint density at radius 3 is 2.55 bits per heavy atom. The van der Waals surface area contributed by atoms with Crippen LogP contribution in [0.25, 0.3) is 11.3 Å². The molecular weight excluding hydrogens is 282 g/mol. The maximum atomic E-state index is 11.0. The molecule has 1 aliphatic rings. The van der Waals surface area contributed by atoms with Crippen LogP contribution < -0.4 is 0 Å². The van der Waals surface area contributed by atoms with Crippen LogP contribution in [0.2, 0.25) is 0 Å². The van der Waals surface area contributed by atoms with Crippen LogP contribution in [0.4, 0.5) is 0 Å². The van der Waals surface area contributed by atoms with Gasteiger partial charge in [-0.25, -0.2) is 4.79 Å². The number of benzene rings is 1. The van der Waals surface area contributed by atoms with Crippen LogP contribution in [0.15, 0.2) is 30.3 Å². The molecule has 2 aromatic rings. The zero-order valence-corrected chi connectivity index (χ0v) is 12.5. The molecule has 0 radical (unpaired) electrons. The standard InChI is InChI=1S/C16H19N3O3/c1-18-15(10-14(17-18)16(20)21)13-4-2-12(3-5-13)11-19-6-8-22-9-7-19/h2-5,10H,6-9,11H2,1H3,(H,20,21). The lowest BCUT2D eigenvalue weighted by atomic mass is 10.1. The normalized spacial score (nSPS) is 15.9. The van der Waals surface area contributed by atoms with Gasteiger partial charge in [0, 0.05) is 26.7 Å². The number of aromatic nitrogens is 2. The van der Waals surface area contributed by atoms with E-state index in [9.17, 15) is 4.79 Å². The summed E-state index contributed by atoms with van der Waals surface area (Å²) in [7, 11) is 1.75. The molecule has 116 valence electrons. The van der Waals surface area contributed by atoms with Gasteiger partial charge in [-0.3, -0.25) is 9.58 Å². The molecule has 0 amide bonds. The van der Waals surface area contributed by atoms with Gasteiger partial charge in [0.2, 0.25) is 0 Å². The first-order valence-corrected chi connectivity index (χ1v) is 7.30. The molecule has 1 aromatic carbocycles. The van der Waals surface area contributed by atoms with E-state index < -0.39 is 5.97 Å². The Kier molecular flexibility index (Phi) is 4.22. The van der Waals surface area contributed by atoms with Crippen LogP contribution in [0.1, 0.15) is 16.1 Å². The molecule has 1 saturated heterocycles. The SMILES string of the molecule is Cn1nc(C(=O)O)cc1-c1ccc(CN2CCOCC2)cc1. The summed E-state index contributed by atoms with van der Waals surface area (Å²) in [6.45, 7) is 4.43. The molecule has 0 unspecified atom stereocenters. The van der Waals surface area contributed by atoms with Crippen molar-refractivity contribution >= 4 is 5.97 Å². The summed E-state index contributed by atoms with van der Waals surface area (Å²) in [4.78, 5) is 13.3. The van der Waals surface area contributed by atoms with Crippen LogP contribution in [0.5, 0.6) is 0 Å². The summed E-state index contributed by atoms with van der Waals surface area (Å²) in [5.41, 5.74) is 3.07. The Morgan fingerprint density at radius 2 is 1.95 bits per heavy atom. The van der Waals surface area contributed by atoms with Gasteiger partial charge >= 0.3 is 5.97 Å². The molecule has 1 aliphatic heterocycles. The van der Waals surface area contributed by atoms with Crippen LogP contribution in [-0.4, -0.2) is 52.1 Å². The molecule has 22 heavy (non-hydrogen) atoms. The van der Waals surface area contributed by atoms with E-state index in [1.54, 1.807) is 17.8 Å². The third-order valence-electron chi connectivity index (χ3n) is 3.86. The largest absolute Gasteiger partial charge is 0.476 e. The monoisotopic (exact) mass is 301 g/mol. The summed E-state index contributed by atoms with van der Waals surface area (Å²) in [5, 5.41) is 13.0. The van der Waals surface area contributed by atoms with Crippen LogP contribution in [0.3, 0.4) is 0 Å². The lowest BCUT2D eigenvalue weighted by Gasteiger charge is -2.26. The van der Waals surface area contributed by atoms with Gasteiger partial charge in [-0.1, -0.05) is 24.3 Å². The van der Waals surface area contributed by atoms with E-state index in [4.69, 9.17) is 9.84 Å². The summed E-state index contributed by atoms with van der Waals surface area (Å²) in [5.74, 6) is -1.01. The van der Waals surface area contributed by atoms with Gasteiger partial charge in [0.25, 0.3) is 0 Å². The van der Waals surface area contributed by atoms with E-state index in [0.717, 1.165) is 44.1 Å². The molecule has 0 atom stereocenters. The Labute approximate surface area is 128 Å². The van der Waals surface area contributed by atoms with Crippen molar-refractivity contribution in [2.24, 2.45) is 7.05 Å². The van der Waals surface area contributed by atoms with E-state index in [1.165, 1.54) is 5.56 Å². The minimum Gasteiger partial charge on any atom is -0.476 e. The molecule has 6 heteroatoms. The van der Waals surface area contributed by atoms with Gasteiger partial charge < -0.3 is 9.84 Å². The summed E-state index contributed by atoms with van der Waals surface area (Å²) >= 11 is 0. The van der Waals surface area contributed by atoms with Crippen molar-refractivity contribution in [3.05, 3.63) is 41.6 Å². The average Bonchev–Trinajstić information content (AvgIpc) is 2.91. The smallest absolute Gasteiger partial charge is 0.356 e. The number of carbonyl (C=O) groups is 1. The van der Waals surface area contributed by atoms with E-state index in [-0.39, 0.29) is 5.69 Å². The predicted molar refractivity (Wildman–Crippen MR) is 81.7 cm³/mol. The molecule has 0 aliphatic carbocycles. The van der Waals surface area contributed by atoms with Crippen molar-refractivity contribution in [2.45, 2.75) is 6.54 Å². The van der Waals surface area contributed by atoms with Gasteiger partial charge in [-0.2, -0.15) is 5.10 Å². The van der Waals surface area contributed by atoms with Crippen molar-refractivity contribution in [3.8, 4) is 11.3 Å². The second-order valence-corrected chi connectivity index (χ2v) is 5.43. The molecule has 1 aromatic heterocycles. The number of aryl methyl sites for hydroxylation is 1. The summed E-state index contributed by atoms with van der Waals surface area (Å²) < 4.78 is 6.95. The zero-order chi connectivity index (χ0) is 15.5. The molecule has 0 spiro atoms. The highest BCUT2D eigenvalue weighted by molar-refractivity contribution is 5.87. The fraction of sp³-hybridized carbons (Fsp3) is 0.375. The van der Waals surface area contributed by atoms with Crippen LogP contribution in [0, 0.1) is 0 Å². The average molecular weight is 301 g/mol. The van der Waals surface area contributed by atoms with Gasteiger partial charge in [-0.15, -0.1) is 0 Å². The number of aromatic carboxylic acids is 1. The van der Waals surface area contributed by atoms with Crippen LogP contribution in [-0.2, 0) is 18.3 Å². The quantitative estimate of drug-likeness (QED) is 0.929. The third kappa shape index (κ3) is 3.18. The minimum absolute atomic E-state index is 0.0647. The zero-order valence-electron chi connectivity index (χ0n) is 12.5. The highest BCUT2D eigenvalue weighted by Crippen LogP contribution is 2.21. The summed E-state index contributed by atoms with van der Waals surface area (Å²) in [6, 6.07) is 9.78.